The predicted octanol–water partition coefficient (Wildman–Crippen LogP) is 2.24. The van der Waals surface area contributed by atoms with Gasteiger partial charge in [0.2, 0.25) is 0 Å². The zero-order valence-corrected chi connectivity index (χ0v) is 14.4. The number of anilines is 1. The lowest BCUT2D eigenvalue weighted by Crippen LogP contribution is -2.46. The zero-order valence-electron chi connectivity index (χ0n) is 14.4. The molecule has 0 spiro atoms. The third kappa shape index (κ3) is 5.07. The number of benzene rings is 1. The molecule has 0 saturated carbocycles. The fourth-order valence-electron chi connectivity index (χ4n) is 3.08. The Morgan fingerprint density at radius 3 is 2.50 bits per heavy atom. The predicted molar refractivity (Wildman–Crippen MR) is 95.8 cm³/mol. The second-order valence-electron chi connectivity index (χ2n) is 6.14. The maximum Gasteiger partial charge on any atom is 0.271 e. The number of nitrogens with zero attached hydrogens (tertiary/aromatic N) is 3. The molecule has 0 radical (unpaired) electrons. The standard InChI is InChI=1S/C17H28N4O3/c1-24-17-7-6-15(21(22)23)14-16(17)20-12-10-19(11-13-20)9-5-3-2-4-8-18/h6-7,14H,2-5,8-13,18H2,1H3. The van der Waals surface area contributed by atoms with Gasteiger partial charge in [-0.2, -0.15) is 0 Å². The first-order valence-electron chi connectivity index (χ1n) is 8.65. The van der Waals surface area contributed by atoms with Crippen molar-refractivity contribution in [1.82, 2.24) is 4.90 Å². The molecule has 7 heteroatoms. The third-order valence-electron chi connectivity index (χ3n) is 4.51. The smallest absolute Gasteiger partial charge is 0.271 e. The van der Waals surface area contributed by atoms with E-state index in [-0.39, 0.29) is 10.6 Å². The molecular formula is C17H28N4O3. The number of ether oxygens (including phenoxy) is 1. The van der Waals surface area contributed by atoms with Crippen molar-refractivity contribution in [3.8, 4) is 5.75 Å². The Hall–Kier alpha value is -1.86. The van der Waals surface area contributed by atoms with Crippen LogP contribution in [0.15, 0.2) is 18.2 Å². The van der Waals surface area contributed by atoms with Gasteiger partial charge in [-0.05, 0) is 32.0 Å². The van der Waals surface area contributed by atoms with Crippen molar-refractivity contribution >= 4 is 11.4 Å². The molecule has 1 aromatic carbocycles. The first kappa shape index (κ1) is 18.5. The summed E-state index contributed by atoms with van der Waals surface area (Å²) in [6.07, 6.45) is 4.76. The van der Waals surface area contributed by atoms with Crippen molar-refractivity contribution in [2.75, 3.05) is 51.3 Å². The number of nitro groups is 1. The summed E-state index contributed by atoms with van der Waals surface area (Å²) >= 11 is 0. The molecule has 7 nitrogen and oxygen atoms in total. The zero-order chi connectivity index (χ0) is 17.4. The van der Waals surface area contributed by atoms with E-state index in [1.165, 1.54) is 25.3 Å². The maximum absolute atomic E-state index is 11.0. The number of nitrogens with two attached hydrogens (primary N) is 1. The van der Waals surface area contributed by atoms with Gasteiger partial charge in [0.15, 0.2) is 0 Å². The van der Waals surface area contributed by atoms with Gasteiger partial charge in [0.25, 0.3) is 5.69 Å². The topological polar surface area (TPSA) is 84.9 Å². The molecule has 1 saturated heterocycles. The van der Waals surface area contributed by atoms with E-state index in [2.05, 4.69) is 9.80 Å². The van der Waals surface area contributed by atoms with E-state index in [4.69, 9.17) is 10.5 Å². The monoisotopic (exact) mass is 336 g/mol. The molecule has 0 bridgehead atoms. The maximum atomic E-state index is 11.0. The molecule has 2 rings (SSSR count). The van der Waals surface area contributed by atoms with Gasteiger partial charge in [0.1, 0.15) is 5.75 Å². The SMILES string of the molecule is COc1ccc([N+](=O)[O-])cc1N1CCN(CCCCCCN)CC1. The second kappa shape index (κ2) is 9.44. The van der Waals surface area contributed by atoms with Gasteiger partial charge < -0.3 is 15.4 Å². The summed E-state index contributed by atoms with van der Waals surface area (Å²) in [7, 11) is 1.60. The van der Waals surface area contributed by atoms with Gasteiger partial charge in [0.05, 0.1) is 17.7 Å². The van der Waals surface area contributed by atoms with Crippen molar-refractivity contribution in [2.45, 2.75) is 25.7 Å². The lowest BCUT2D eigenvalue weighted by molar-refractivity contribution is -0.384. The van der Waals surface area contributed by atoms with E-state index in [9.17, 15) is 10.1 Å². The van der Waals surface area contributed by atoms with E-state index in [0.717, 1.165) is 51.4 Å². The van der Waals surface area contributed by atoms with E-state index in [0.29, 0.717) is 5.75 Å². The Morgan fingerprint density at radius 2 is 1.88 bits per heavy atom. The van der Waals surface area contributed by atoms with Gasteiger partial charge in [-0.1, -0.05) is 12.8 Å². The molecule has 1 aliphatic heterocycles. The highest BCUT2D eigenvalue weighted by atomic mass is 16.6. The van der Waals surface area contributed by atoms with Crippen LogP contribution in [0.4, 0.5) is 11.4 Å². The fourth-order valence-corrected chi connectivity index (χ4v) is 3.08. The highest BCUT2D eigenvalue weighted by molar-refractivity contribution is 5.63. The number of rotatable bonds is 9. The highest BCUT2D eigenvalue weighted by Gasteiger charge is 2.21. The number of hydrogen-bond acceptors (Lipinski definition) is 6. The Morgan fingerprint density at radius 1 is 1.17 bits per heavy atom. The van der Waals surface area contributed by atoms with Crippen LogP contribution in [0.5, 0.6) is 5.75 Å². The van der Waals surface area contributed by atoms with Crippen LogP contribution in [-0.2, 0) is 0 Å². The number of unbranched alkanes of at least 4 members (excludes halogenated alkanes) is 3. The van der Waals surface area contributed by atoms with Crippen LogP contribution in [0.25, 0.3) is 0 Å². The minimum Gasteiger partial charge on any atom is -0.495 e. The van der Waals surface area contributed by atoms with Gasteiger partial charge in [-0.3, -0.25) is 15.0 Å². The minimum absolute atomic E-state index is 0.105. The first-order chi connectivity index (χ1) is 11.7. The second-order valence-corrected chi connectivity index (χ2v) is 6.14. The summed E-state index contributed by atoms with van der Waals surface area (Å²) < 4.78 is 5.37. The van der Waals surface area contributed by atoms with Gasteiger partial charge in [0, 0.05) is 38.3 Å². The normalized spacial score (nSPS) is 15.5. The van der Waals surface area contributed by atoms with Gasteiger partial charge in [-0.25, -0.2) is 0 Å². The lowest BCUT2D eigenvalue weighted by atomic mass is 10.1. The molecule has 24 heavy (non-hydrogen) atoms. The summed E-state index contributed by atoms with van der Waals surface area (Å²) in [5.41, 5.74) is 6.43. The molecular weight excluding hydrogens is 308 g/mol. The van der Waals surface area contributed by atoms with Crippen LogP contribution < -0.4 is 15.4 Å². The Balaban J connectivity index is 1.87. The molecule has 0 aliphatic carbocycles. The van der Waals surface area contributed by atoms with Crippen LogP contribution >= 0.6 is 0 Å². The fraction of sp³-hybridized carbons (Fsp3) is 0.647. The summed E-state index contributed by atoms with van der Waals surface area (Å²) in [5.74, 6) is 0.691. The largest absolute Gasteiger partial charge is 0.495 e. The molecule has 1 heterocycles. The summed E-state index contributed by atoms with van der Waals surface area (Å²) in [4.78, 5) is 15.3. The number of methoxy groups -OCH3 is 1. The van der Waals surface area contributed by atoms with Crippen molar-refractivity contribution in [3.05, 3.63) is 28.3 Å². The van der Waals surface area contributed by atoms with Crippen molar-refractivity contribution in [3.63, 3.8) is 0 Å². The molecule has 0 amide bonds. The van der Waals surface area contributed by atoms with E-state index in [1.54, 1.807) is 19.2 Å². The Labute approximate surface area is 143 Å². The average Bonchev–Trinajstić information content (AvgIpc) is 2.61. The van der Waals surface area contributed by atoms with E-state index >= 15 is 0 Å². The molecule has 0 unspecified atom stereocenters. The average molecular weight is 336 g/mol. The Bertz CT molecular complexity index is 531. The van der Waals surface area contributed by atoms with Crippen LogP contribution in [0.2, 0.25) is 0 Å². The van der Waals surface area contributed by atoms with Crippen LogP contribution in [-0.4, -0.2) is 56.2 Å². The number of nitro benzene ring substituents is 1. The molecule has 134 valence electrons. The number of piperazine rings is 1. The summed E-state index contributed by atoms with van der Waals surface area (Å²) in [6, 6.07) is 4.78. The molecule has 0 aromatic heterocycles. The highest BCUT2D eigenvalue weighted by Crippen LogP contribution is 2.32. The lowest BCUT2D eigenvalue weighted by Gasteiger charge is -2.36. The van der Waals surface area contributed by atoms with Crippen molar-refractivity contribution in [1.29, 1.82) is 0 Å². The quantitative estimate of drug-likeness (QED) is 0.423. The van der Waals surface area contributed by atoms with Crippen molar-refractivity contribution < 1.29 is 9.66 Å². The third-order valence-corrected chi connectivity index (χ3v) is 4.51. The van der Waals surface area contributed by atoms with Crippen LogP contribution in [0, 0.1) is 10.1 Å². The molecule has 1 fully saturated rings. The van der Waals surface area contributed by atoms with Crippen molar-refractivity contribution in [2.24, 2.45) is 5.73 Å². The first-order valence-corrected chi connectivity index (χ1v) is 8.65. The number of hydrogen-bond donors (Lipinski definition) is 1. The molecule has 0 atom stereocenters. The Kier molecular flexibility index (Phi) is 7.27. The molecule has 1 aromatic rings. The summed E-state index contributed by atoms with van der Waals surface area (Å²) in [6.45, 7) is 5.57. The van der Waals surface area contributed by atoms with E-state index in [1.807, 2.05) is 0 Å². The minimum atomic E-state index is -0.361. The van der Waals surface area contributed by atoms with Gasteiger partial charge in [-0.15, -0.1) is 0 Å². The van der Waals surface area contributed by atoms with E-state index < -0.39 is 0 Å². The van der Waals surface area contributed by atoms with Crippen LogP contribution in [0.3, 0.4) is 0 Å². The summed E-state index contributed by atoms with van der Waals surface area (Å²) in [5, 5.41) is 11.0. The molecule has 2 N–H and O–H groups in total. The number of non-ortho nitro benzene ring substituents is 1. The molecule has 1 aliphatic rings. The van der Waals surface area contributed by atoms with Gasteiger partial charge >= 0.3 is 0 Å². The van der Waals surface area contributed by atoms with Crippen LogP contribution in [0.1, 0.15) is 25.7 Å².